The van der Waals surface area contributed by atoms with Crippen LogP contribution in [0, 0.1) is 6.92 Å². The second kappa shape index (κ2) is 7.55. The lowest BCUT2D eigenvalue weighted by Gasteiger charge is -2.11. The van der Waals surface area contributed by atoms with Crippen LogP contribution in [0.5, 0.6) is 0 Å². The average molecular weight is 439 g/mol. The van der Waals surface area contributed by atoms with Crippen LogP contribution in [0.4, 0.5) is 16.7 Å². The van der Waals surface area contributed by atoms with E-state index in [9.17, 15) is 9.59 Å². The summed E-state index contributed by atoms with van der Waals surface area (Å²) in [5, 5.41) is 16.3. The van der Waals surface area contributed by atoms with Crippen LogP contribution >= 0.6 is 11.6 Å². The van der Waals surface area contributed by atoms with Crippen molar-refractivity contribution in [1.82, 2.24) is 30.2 Å². The Hall–Kier alpha value is -3.66. The first-order valence-electron chi connectivity index (χ1n) is 9.81. The minimum atomic E-state index is -0.558. The molecule has 2 fully saturated rings. The number of carbonyl (C=O) groups is 2. The number of anilines is 2. The molecule has 0 atom stereocenters. The van der Waals surface area contributed by atoms with Gasteiger partial charge < -0.3 is 16.0 Å². The van der Waals surface area contributed by atoms with Crippen LogP contribution in [0.15, 0.2) is 30.1 Å². The van der Waals surface area contributed by atoms with E-state index in [0.717, 1.165) is 24.0 Å². The van der Waals surface area contributed by atoms with E-state index in [-0.39, 0.29) is 5.70 Å². The molecule has 1 saturated heterocycles. The number of nitrogens with zero attached hydrogens (tertiary/aromatic N) is 4. The second-order valence-corrected chi connectivity index (χ2v) is 7.94. The van der Waals surface area contributed by atoms with Crippen molar-refractivity contribution in [2.24, 2.45) is 0 Å². The molecule has 2 aliphatic rings. The third-order valence-electron chi connectivity index (χ3n) is 5.01. The number of aromatic nitrogens is 4. The lowest BCUT2D eigenvalue weighted by molar-refractivity contribution is -0.115. The topological polar surface area (TPSA) is 125 Å². The summed E-state index contributed by atoms with van der Waals surface area (Å²) < 4.78 is 1.59. The van der Waals surface area contributed by atoms with Crippen LogP contribution < -0.4 is 21.3 Å². The number of halogens is 1. The van der Waals surface area contributed by atoms with Gasteiger partial charge in [-0.2, -0.15) is 19.6 Å². The Morgan fingerprint density at radius 3 is 2.81 bits per heavy atom. The summed E-state index contributed by atoms with van der Waals surface area (Å²) in [6.07, 6.45) is 5.26. The van der Waals surface area contributed by atoms with Gasteiger partial charge in [0, 0.05) is 23.2 Å². The second-order valence-electron chi connectivity index (χ2n) is 7.53. The minimum absolute atomic E-state index is 0.138. The van der Waals surface area contributed by atoms with Crippen LogP contribution in [0.1, 0.15) is 29.5 Å². The van der Waals surface area contributed by atoms with Crippen molar-refractivity contribution in [3.63, 3.8) is 0 Å². The maximum Gasteiger partial charge on any atom is 0.326 e. The zero-order chi connectivity index (χ0) is 21.5. The van der Waals surface area contributed by atoms with E-state index in [0.29, 0.717) is 40.7 Å². The van der Waals surface area contributed by atoms with Crippen molar-refractivity contribution in [1.29, 1.82) is 0 Å². The molecular weight excluding hydrogens is 420 g/mol. The molecule has 11 heteroatoms. The van der Waals surface area contributed by atoms with Crippen molar-refractivity contribution >= 4 is 47.2 Å². The highest BCUT2D eigenvalue weighted by atomic mass is 35.5. The van der Waals surface area contributed by atoms with Crippen LogP contribution in [0.2, 0.25) is 5.02 Å². The van der Waals surface area contributed by atoms with Crippen molar-refractivity contribution in [2.75, 3.05) is 10.6 Å². The summed E-state index contributed by atoms with van der Waals surface area (Å²) in [5.74, 6) is 0.471. The van der Waals surface area contributed by atoms with Crippen LogP contribution in [0.25, 0.3) is 11.7 Å². The highest BCUT2D eigenvalue weighted by Gasteiger charge is 2.25. The van der Waals surface area contributed by atoms with Gasteiger partial charge in [-0.15, -0.1) is 0 Å². The predicted octanol–water partition coefficient (Wildman–Crippen LogP) is 2.45. The summed E-state index contributed by atoms with van der Waals surface area (Å²) in [7, 11) is 0. The van der Waals surface area contributed by atoms with Gasteiger partial charge in [0.1, 0.15) is 5.70 Å². The smallest absolute Gasteiger partial charge is 0.326 e. The molecule has 0 radical (unpaired) electrons. The molecule has 0 spiro atoms. The fourth-order valence-electron chi connectivity index (χ4n) is 3.14. The van der Waals surface area contributed by atoms with Gasteiger partial charge >= 0.3 is 6.03 Å². The van der Waals surface area contributed by atoms with Gasteiger partial charge in [0.25, 0.3) is 5.91 Å². The van der Waals surface area contributed by atoms with Gasteiger partial charge in [-0.1, -0.05) is 23.7 Å². The normalized spacial score (nSPS) is 17.2. The van der Waals surface area contributed by atoms with Gasteiger partial charge in [0.05, 0.1) is 6.20 Å². The Bertz CT molecular complexity index is 1250. The number of hydrogen-bond donors (Lipinski definition) is 4. The van der Waals surface area contributed by atoms with E-state index in [4.69, 9.17) is 11.6 Å². The van der Waals surface area contributed by atoms with E-state index in [1.165, 1.54) is 0 Å². The molecule has 3 aromatic rings. The predicted molar refractivity (Wildman–Crippen MR) is 116 cm³/mol. The van der Waals surface area contributed by atoms with Gasteiger partial charge in [-0.05, 0) is 43.0 Å². The zero-order valence-corrected chi connectivity index (χ0v) is 17.3. The zero-order valence-electron chi connectivity index (χ0n) is 16.6. The molecule has 1 saturated carbocycles. The van der Waals surface area contributed by atoms with E-state index >= 15 is 0 Å². The molecule has 31 heavy (non-hydrogen) atoms. The fourth-order valence-corrected chi connectivity index (χ4v) is 3.35. The standard InChI is InChI=1S/C20H19ClN8O2/c1-10-2-3-11(6-14(10)21)8-22-18-26-16-12(7-15-17(30)27-20(31)25-15)9-23-29(16)19(28-18)24-13-4-5-13/h2-3,6-7,9,13H,4-5,8H2,1H3,(H2,22,24,26,28)(H2,25,27,30,31)/b15-7-. The molecule has 2 aromatic heterocycles. The molecule has 4 N–H and O–H groups in total. The Kier molecular flexibility index (Phi) is 4.70. The molecular formula is C20H19ClN8O2. The molecule has 158 valence electrons. The molecule has 1 aliphatic carbocycles. The molecule has 0 unspecified atom stereocenters. The first-order chi connectivity index (χ1) is 15.0. The Labute approximate surface area is 182 Å². The number of fused-ring (bicyclic) bond motifs is 1. The van der Waals surface area contributed by atoms with Gasteiger partial charge in [-0.3, -0.25) is 10.1 Å². The number of hydrogen-bond acceptors (Lipinski definition) is 7. The molecule has 0 bridgehead atoms. The Morgan fingerprint density at radius 1 is 1.26 bits per heavy atom. The maximum absolute atomic E-state index is 11.9. The van der Waals surface area contributed by atoms with Crippen LogP contribution in [-0.2, 0) is 11.3 Å². The molecule has 3 amide bonds. The maximum atomic E-state index is 11.9. The van der Waals surface area contributed by atoms with Gasteiger partial charge in [-0.25, -0.2) is 4.79 Å². The number of imide groups is 1. The van der Waals surface area contributed by atoms with E-state index < -0.39 is 11.9 Å². The molecule has 3 heterocycles. The number of benzene rings is 1. The fraction of sp³-hybridized carbons (Fsp3) is 0.250. The Balaban J connectivity index is 1.48. The molecule has 10 nitrogen and oxygen atoms in total. The van der Waals surface area contributed by atoms with Crippen molar-refractivity contribution in [3.05, 3.63) is 51.8 Å². The third-order valence-corrected chi connectivity index (χ3v) is 5.42. The van der Waals surface area contributed by atoms with Crippen molar-refractivity contribution in [2.45, 2.75) is 32.4 Å². The molecule has 1 aliphatic heterocycles. The summed E-state index contributed by atoms with van der Waals surface area (Å²) in [4.78, 5) is 32.4. The lowest BCUT2D eigenvalue weighted by Crippen LogP contribution is -2.22. The number of rotatable bonds is 6. The first kappa shape index (κ1) is 19.3. The summed E-state index contributed by atoms with van der Waals surface area (Å²) >= 11 is 6.22. The number of carbonyl (C=O) groups excluding carboxylic acids is 2. The lowest BCUT2D eigenvalue weighted by atomic mass is 10.1. The van der Waals surface area contributed by atoms with Crippen molar-refractivity contribution < 1.29 is 9.59 Å². The first-order valence-corrected chi connectivity index (χ1v) is 10.2. The van der Waals surface area contributed by atoms with Crippen molar-refractivity contribution in [3.8, 4) is 0 Å². The van der Waals surface area contributed by atoms with Gasteiger partial charge in [0.2, 0.25) is 11.9 Å². The Morgan fingerprint density at radius 2 is 2.10 bits per heavy atom. The van der Waals surface area contributed by atoms with Gasteiger partial charge in [0.15, 0.2) is 5.65 Å². The van der Waals surface area contributed by atoms with E-state index in [1.54, 1.807) is 16.8 Å². The largest absolute Gasteiger partial charge is 0.351 e. The van der Waals surface area contributed by atoms with Crippen LogP contribution in [0.3, 0.4) is 0 Å². The number of aryl methyl sites for hydroxylation is 1. The molecule has 1 aromatic carbocycles. The summed E-state index contributed by atoms with van der Waals surface area (Å²) in [6, 6.07) is 5.66. The number of amides is 3. The minimum Gasteiger partial charge on any atom is -0.351 e. The SMILES string of the molecule is Cc1ccc(CNc2nc(NC3CC3)n3ncc(/C=C4\NC(=O)NC4=O)c3n2)cc1Cl. The van der Waals surface area contributed by atoms with E-state index in [1.807, 2.05) is 25.1 Å². The number of urea groups is 1. The number of nitrogens with one attached hydrogen (secondary N) is 4. The highest BCUT2D eigenvalue weighted by molar-refractivity contribution is 6.31. The van der Waals surface area contributed by atoms with E-state index in [2.05, 4.69) is 36.3 Å². The average Bonchev–Trinajstić information content (AvgIpc) is 3.37. The third kappa shape index (κ3) is 4.02. The summed E-state index contributed by atoms with van der Waals surface area (Å²) in [6.45, 7) is 2.44. The monoisotopic (exact) mass is 438 g/mol. The van der Waals surface area contributed by atoms with Crippen LogP contribution in [-0.4, -0.2) is 37.6 Å². The quantitative estimate of drug-likeness (QED) is 0.344. The molecule has 5 rings (SSSR count). The highest BCUT2D eigenvalue weighted by Crippen LogP contribution is 2.26. The summed E-state index contributed by atoms with van der Waals surface area (Å²) in [5.41, 5.74) is 3.23.